The summed E-state index contributed by atoms with van der Waals surface area (Å²) in [6.07, 6.45) is 14.4. The molecular formula is C82H112N8O18S2. The maximum atomic E-state index is 15.0. The van der Waals surface area contributed by atoms with Crippen LogP contribution in [0.5, 0.6) is 23.5 Å². The summed E-state index contributed by atoms with van der Waals surface area (Å²) in [6, 6.07) is 12.8. The molecule has 4 aliphatic heterocycles. The normalized spacial score (nSPS) is 29.7. The van der Waals surface area contributed by atoms with Gasteiger partial charge >= 0.3 is 11.9 Å². The first-order valence-corrected chi connectivity index (χ1v) is 42.8. The predicted octanol–water partition coefficient (Wildman–Crippen LogP) is 11.4. The van der Waals surface area contributed by atoms with Crippen molar-refractivity contribution in [2.24, 2.45) is 58.2 Å². The van der Waals surface area contributed by atoms with Gasteiger partial charge in [-0.2, -0.15) is 0 Å². The summed E-state index contributed by atoms with van der Waals surface area (Å²) in [4.78, 5) is 117. The van der Waals surface area contributed by atoms with Gasteiger partial charge in [-0.1, -0.05) is 89.1 Å². The highest BCUT2D eigenvalue weighted by molar-refractivity contribution is 7.91. The number of amides is 4. The molecule has 2 aromatic heterocycles. The van der Waals surface area contributed by atoms with Crippen LogP contribution in [0.2, 0.25) is 0 Å². The third-order valence-corrected chi connectivity index (χ3v) is 26.6. The molecule has 8 aliphatic rings. The molecule has 4 aliphatic carbocycles. The highest BCUT2D eigenvalue weighted by Crippen LogP contribution is 2.59. The number of carbonyl (C=O) groups is 8. The summed E-state index contributed by atoms with van der Waals surface area (Å²) in [7, 11) is -7.72. The molecule has 2 aromatic carbocycles. The van der Waals surface area contributed by atoms with E-state index in [9.17, 15) is 55.2 Å². The number of aromatic nitrogens is 4. The number of ether oxygens (including phenoxy) is 6. The number of esters is 2. The van der Waals surface area contributed by atoms with Crippen molar-refractivity contribution in [2.75, 3.05) is 26.3 Å². The number of nitrogens with one attached hydrogen (secondary N) is 2. The Bertz CT molecular complexity index is 4120. The van der Waals surface area contributed by atoms with Gasteiger partial charge in [-0.25, -0.2) is 16.8 Å². The number of Topliss-reactive ketones (excluding diaryl/α,β-unsaturated/α-hetero) is 2. The van der Waals surface area contributed by atoms with Crippen molar-refractivity contribution in [3.8, 4) is 23.5 Å². The van der Waals surface area contributed by atoms with Gasteiger partial charge in [-0.15, -0.1) is 20.4 Å². The summed E-state index contributed by atoms with van der Waals surface area (Å²) in [5.41, 5.74) is -4.02. The molecule has 0 bridgehead atoms. The van der Waals surface area contributed by atoms with Crippen LogP contribution in [0.4, 0.5) is 0 Å². The third kappa shape index (κ3) is 19.8. The van der Waals surface area contributed by atoms with Crippen molar-refractivity contribution in [1.82, 2.24) is 39.6 Å². The van der Waals surface area contributed by atoms with E-state index in [1.165, 1.54) is 9.80 Å². The standard InChI is InChI=1S/2C41H56N4O9S/c2*1-7-26-19-25(3)13-9-10-14-27-22-41(27,39(49)44-55(50,51)29-17-18-29)23-34(46)33-20-28(24-45(33)38(48)32(26)21-35(47)54-40(4,5)6)53-37-31-16-12-11-15-30(31)36(42-43-37)52-8-2/h2*10-12,14-16,25-29,32-33H,7-9,13,17-24H2,1-6H3,(H,44,49)/b2*14-10-/t25-,26+,27+,28+,32-,33-,41+;25-,26-,27-,28-,32+,33+,41-/m01/s1. The first kappa shape index (κ1) is 82.8. The number of benzene rings is 2. The fourth-order valence-corrected chi connectivity index (χ4v) is 19.5. The molecule has 4 saturated carbocycles. The number of ketones is 2. The van der Waals surface area contributed by atoms with Crippen molar-refractivity contribution in [3.05, 3.63) is 72.8 Å². The Kier molecular flexibility index (Phi) is 25.6. The molecule has 110 heavy (non-hydrogen) atoms. The Morgan fingerprint density at radius 2 is 0.855 bits per heavy atom. The first-order chi connectivity index (χ1) is 52.1. The van der Waals surface area contributed by atoms with Gasteiger partial charge in [-0.3, -0.25) is 47.8 Å². The smallest absolute Gasteiger partial charge is 0.307 e. The van der Waals surface area contributed by atoms with E-state index in [-0.39, 0.29) is 122 Å². The molecule has 2 saturated heterocycles. The first-order valence-electron chi connectivity index (χ1n) is 39.7. The van der Waals surface area contributed by atoms with Crippen molar-refractivity contribution >= 4 is 88.7 Å². The van der Waals surface area contributed by atoms with Gasteiger partial charge < -0.3 is 38.2 Å². The van der Waals surface area contributed by atoms with Crippen LogP contribution in [0.3, 0.4) is 0 Å². The lowest BCUT2D eigenvalue weighted by Crippen LogP contribution is -2.48. The van der Waals surface area contributed by atoms with Crippen LogP contribution >= 0.6 is 0 Å². The highest BCUT2D eigenvalue weighted by Gasteiger charge is 2.64. The van der Waals surface area contributed by atoms with Crippen LogP contribution in [-0.4, -0.2) is 166 Å². The minimum atomic E-state index is -3.86. The quantitative estimate of drug-likeness (QED) is 0.0613. The van der Waals surface area contributed by atoms with Gasteiger partial charge in [-0.05, 0) is 192 Å². The molecule has 12 rings (SSSR count). The van der Waals surface area contributed by atoms with Crippen LogP contribution in [0, 0.1) is 58.2 Å². The zero-order valence-electron chi connectivity index (χ0n) is 65.8. The summed E-state index contributed by atoms with van der Waals surface area (Å²) in [6.45, 7) is 23.6. The van der Waals surface area contributed by atoms with Crippen molar-refractivity contribution in [1.29, 1.82) is 0 Å². The molecule has 6 fully saturated rings. The predicted molar refractivity (Wildman–Crippen MR) is 411 cm³/mol. The molecule has 4 aromatic rings. The van der Waals surface area contributed by atoms with Gasteiger partial charge in [0, 0.05) is 25.7 Å². The van der Waals surface area contributed by atoms with E-state index in [4.69, 9.17) is 28.4 Å². The minimum absolute atomic E-state index is 0.0356. The number of allylic oxidation sites excluding steroid dienone is 4. The van der Waals surface area contributed by atoms with Gasteiger partial charge in [0.05, 0.1) is 106 Å². The molecule has 6 heterocycles. The molecule has 28 heteroatoms. The topological polar surface area (TPSA) is 342 Å². The third-order valence-electron chi connectivity index (χ3n) is 23.0. The van der Waals surface area contributed by atoms with E-state index in [1.54, 1.807) is 41.5 Å². The number of sulfonamides is 2. The molecule has 0 radical (unpaired) electrons. The second-order valence-electron chi connectivity index (χ2n) is 33.9. The fourth-order valence-electron chi connectivity index (χ4n) is 16.7. The van der Waals surface area contributed by atoms with Gasteiger partial charge in [0.1, 0.15) is 23.4 Å². The Balaban J connectivity index is 0.000000218. The average Bonchev–Trinajstić information content (AvgIpc) is 1.57. The lowest BCUT2D eigenvalue weighted by atomic mass is 9.79. The van der Waals surface area contributed by atoms with Gasteiger partial charge in [0.25, 0.3) is 0 Å². The average molecular weight is 1560 g/mol. The monoisotopic (exact) mass is 1560 g/mol. The molecule has 26 nitrogen and oxygen atoms in total. The largest absolute Gasteiger partial charge is 0.476 e. The number of hydrogen-bond donors (Lipinski definition) is 2. The van der Waals surface area contributed by atoms with Crippen molar-refractivity contribution < 1.29 is 83.6 Å². The molecule has 600 valence electrons. The highest BCUT2D eigenvalue weighted by atomic mass is 32.2. The number of nitrogens with zero attached hydrogens (tertiary/aromatic N) is 6. The lowest BCUT2D eigenvalue weighted by molar-refractivity contribution is -0.160. The fraction of sp³-hybridized carbons (Fsp3) is 0.659. The SMILES string of the molecule is CCOc1nnc(O[C@@H]2C[C@H]3C(=O)C[C@]4(C(=O)NS(=O)(=O)C5CC5)C[C@H]4/C=C\CC[C@@H](C)C[C@@H](CC)[C@H](CC(=O)OC(C)(C)C)C(=O)N3C2)c2ccccc12.CCOc1nnc(O[C@@H]2C[C@H]3C(=O)C[C@]4(C(=O)NS(=O)(=O)C5CC5)C[C@H]4/C=C\CC[C@H](C)C[C@@H](CC)[C@H](CC(=O)OC(C)(C)C)C(=O)N3C2)c2ccccc12. The zero-order chi connectivity index (χ0) is 79.4. The van der Waals surface area contributed by atoms with Crippen LogP contribution in [-0.2, 0) is 67.9 Å². The molecule has 0 unspecified atom stereocenters. The van der Waals surface area contributed by atoms with E-state index in [1.807, 2.05) is 101 Å². The van der Waals surface area contributed by atoms with E-state index >= 15 is 0 Å². The van der Waals surface area contributed by atoms with Crippen LogP contribution < -0.4 is 28.4 Å². The molecule has 14 atom stereocenters. The summed E-state index contributed by atoms with van der Waals surface area (Å²) in [5.74, 6) is -4.63. The summed E-state index contributed by atoms with van der Waals surface area (Å²) in [5, 5.41) is 18.7. The second kappa shape index (κ2) is 34.1. The van der Waals surface area contributed by atoms with E-state index < -0.39 is 112 Å². The summed E-state index contributed by atoms with van der Waals surface area (Å²) < 4.78 is 92.1. The van der Waals surface area contributed by atoms with Crippen LogP contribution in [0.1, 0.15) is 212 Å². The van der Waals surface area contributed by atoms with E-state index in [0.717, 1.165) is 25.7 Å². The van der Waals surface area contributed by atoms with Crippen molar-refractivity contribution in [2.45, 2.75) is 257 Å². The van der Waals surface area contributed by atoms with Crippen LogP contribution in [0.25, 0.3) is 21.5 Å². The molecule has 4 amide bonds. The maximum Gasteiger partial charge on any atom is 0.307 e. The second-order valence-corrected chi connectivity index (χ2v) is 37.9. The minimum Gasteiger partial charge on any atom is -0.476 e. The Hall–Kier alpha value is -8.14. The Morgan fingerprint density at radius 3 is 1.18 bits per heavy atom. The lowest BCUT2D eigenvalue weighted by Gasteiger charge is -2.33. The Labute approximate surface area is 646 Å². The summed E-state index contributed by atoms with van der Waals surface area (Å²) >= 11 is 0. The van der Waals surface area contributed by atoms with Crippen molar-refractivity contribution in [3.63, 3.8) is 0 Å². The molecule has 0 spiro atoms. The number of rotatable bonds is 20. The van der Waals surface area contributed by atoms with Gasteiger partial charge in [0.15, 0.2) is 11.6 Å². The Morgan fingerprint density at radius 1 is 0.509 bits per heavy atom. The number of fused-ring (bicyclic) bond motifs is 6. The number of hydrogen-bond acceptors (Lipinski definition) is 22. The molecular weight excluding hydrogens is 1450 g/mol. The van der Waals surface area contributed by atoms with E-state index in [2.05, 4.69) is 43.7 Å². The number of carbonyl (C=O) groups excluding carboxylic acids is 8. The zero-order valence-corrected chi connectivity index (χ0v) is 67.5. The molecule has 2 N–H and O–H groups in total. The van der Waals surface area contributed by atoms with E-state index in [0.29, 0.717) is 111 Å². The maximum absolute atomic E-state index is 15.0. The van der Waals surface area contributed by atoms with Gasteiger partial charge in [0.2, 0.25) is 67.2 Å². The van der Waals surface area contributed by atoms with Crippen LogP contribution in [0.15, 0.2) is 72.8 Å².